The van der Waals surface area contributed by atoms with Gasteiger partial charge in [0.25, 0.3) is 0 Å². The first-order valence-electron chi connectivity index (χ1n) is 31.1. The Hall–Kier alpha value is -2.63. The second-order valence-electron chi connectivity index (χ2n) is 21.0. The Labute approximate surface area is 441 Å². The molecule has 0 radical (unpaired) electrons. The van der Waals surface area contributed by atoms with Gasteiger partial charge in [-0.25, -0.2) is 0 Å². The third-order valence-electron chi connectivity index (χ3n) is 13.8. The third kappa shape index (κ3) is 58.1. The molecule has 0 aliphatic carbocycles. The second kappa shape index (κ2) is 59.9. The van der Waals surface area contributed by atoms with Crippen LogP contribution < -0.4 is 0 Å². The van der Waals surface area contributed by atoms with E-state index >= 15 is 0 Å². The van der Waals surface area contributed by atoms with Crippen molar-refractivity contribution < 1.29 is 28.6 Å². The Morgan fingerprint density at radius 3 is 0.789 bits per heavy atom. The van der Waals surface area contributed by atoms with Gasteiger partial charge >= 0.3 is 17.9 Å². The second-order valence-corrected chi connectivity index (χ2v) is 21.0. The summed E-state index contributed by atoms with van der Waals surface area (Å²) in [6.45, 7) is 6.65. The monoisotopic (exact) mass is 995 g/mol. The van der Waals surface area contributed by atoms with Gasteiger partial charge in [0.1, 0.15) is 13.2 Å². The predicted octanol–water partition coefficient (Wildman–Crippen LogP) is 21.0. The predicted molar refractivity (Wildman–Crippen MR) is 307 cm³/mol. The molecule has 0 aromatic heterocycles. The van der Waals surface area contributed by atoms with Crippen molar-refractivity contribution in [3.05, 3.63) is 48.6 Å². The lowest BCUT2D eigenvalue weighted by Crippen LogP contribution is -2.30. The zero-order chi connectivity index (χ0) is 51.4. The minimum Gasteiger partial charge on any atom is -0.462 e. The fourth-order valence-electron chi connectivity index (χ4n) is 9.09. The van der Waals surface area contributed by atoms with Crippen molar-refractivity contribution in [1.82, 2.24) is 0 Å². The van der Waals surface area contributed by atoms with Gasteiger partial charge < -0.3 is 14.2 Å². The molecule has 0 fully saturated rings. The highest BCUT2D eigenvalue weighted by Crippen LogP contribution is 2.16. The van der Waals surface area contributed by atoms with E-state index < -0.39 is 6.10 Å². The number of unbranched alkanes of at least 4 members (excludes halogenated alkanes) is 38. The highest BCUT2D eigenvalue weighted by atomic mass is 16.6. The summed E-state index contributed by atoms with van der Waals surface area (Å²) in [6, 6.07) is 0. The standard InChI is InChI=1S/C65H118O6/c1-4-7-10-13-16-19-22-25-28-30-32-33-34-36-37-40-43-46-49-52-55-58-64(67)70-61-62(60-69-63(66)57-54-51-48-45-42-39-27-24-21-18-15-12-9-6-3)71-65(68)59-56-53-50-47-44-41-38-35-31-29-26-23-20-17-14-11-8-5-2/h20,22-23,25,29-32,62H,4-19,21,24,26-28,33-61H2,1-3H3/b23-20-,25-22-,31-29-,32-30-. The summed E-state index contributed by atoms with van der Waals surface area (Å²) in [4.78, 5) is 38.3. The number of carbonyl (C=O) groups excluding carboxylic acids is 3. The first-order chi connectivity index (χ1) is 35.0. The van der Waals surface area contributed by atoms with Crippen LogP contribution in [0.3, 0.4) is 0 Å². The van der Waals surface area contributed by atoms with E-state index in [1.165, 1.54) is 212 Å². The van der Waals surface area contributed by atoms with Gasteiger partial charge in [-0.15, -0.1) is 0 Å². The van der Waals surface area contributed by atoms with E-state index in [1.807, 2.05) is 0 Å². The maximum Gasteiger partial charge on any atom is 0.306 e. The van der Waals surface area contributed by atoms with Gasteiger partial charge in [-0.1, -0.05) is 275 Å². The summed E-state index contributed by atoms with van der Waals surface area (Å²) >= 11 is 0. The van der Waals surface area contributed by atoms with Gasteiger partial charge in [0.2, 0.25) is 0 Å². The minimum absolute atomic E-state index is 0.0743. The number of hydrogen-bond acceptors (Lipinski definition) is 6. The van der Waals surface area contributed by atoms with Crippen molar-refractivity contribution in [2.24, 2.45) is 0 Å². The van der Waals surface area contributed by atoms with Gasteiger partial charge in [0.15, 0.2) is 6.10 Å². The van der Waals surface area contributed by atoms with E-state index in [0.29, 0.717) is 19.3 Å². The van der Waals surface area contributed by atoms with Crippen LogP contribution >= 0.6 is 0 Å². The zero-order valence-corrected chi connectivity index (χ0v) is 47.5. The highest BCUT2D eigenvalue weighted by Gasteiger charge is 2.19. The van der Waals surface area contributed by atoms with Crippen LogP contribution in [0, 0.1) is 0 Å². The van der Waals surface area contributed by atoms with E-state index in [-0.39, 0.29) is 31.1 Å². The number of carbonyl (C=O) groups is 3. The molecule has 6 heteroatoms. The molecule has 0 bridgehead atoms. The summed E-state index contributed by atoms with van der Waals surface area (Å²) in [6.07, 6.45) is 73.9. The summed E-state index contributed by atoms with van der Waals surface area (Å²) < 4.78 is 16.9. The average molecular weight is 996 g/mol. The number of rotatable bonds is 57. The summed E-state index contributed by atoms with van der Waals surface area (Å²) in [5.41, 5.74) is 0. The Morgan fingerprint density at radius 2 is 0.507 bits per heavy atom. The Balaban J connectivity index is 4.34. The Morgan fingerprint density at radius 1 is 0.282 bits per heavy atom. The number of allylic oxidation sites excluding steroid dienone is 8. The van der Waals surface area contributed by atoms with Crippen LogP contribution in [0.25, 0.3) is 0 Å². The van der Waals surface area contributed by atoms with Crippen LogP contribution in [0.15, 0.2) is 48.6 Å². The SMILES string of the molecule is CCCCCC/C=C\C/C=C\CCCCCCCCCC(=O)OC(COC(=O)CCCCCCCCCCC/C=C\C/C=C\CCCCCCC)COC(=O)CCCCCCCCCCCCCCCC. The largest absolute Gasteiger partial charge is 0.462 e. The molecule has 0 N–H and O–H groups in total. The van der Waals surface area contributed by atoms with Crippen molar-refractivity contribution in [3.8, 4) is 0 Å². The fourth-order valence-corrected chi connectivity index (χ4v) is 9.09. The average Bonchev–Trinajstić information content (AvgIpc) is 3.37. The molecule has 0 heterocycles. The Bertz CT molecular complexity index is 1230. The van der Waals surface area contributed by atoms with E-state index in [9.17, 15) is 14.4 Å². The first-order valence-corrected chi connectivity index (χ1v) is 31.1. The van der Waals surface area contributed by atoms with Gasteiger partial charge in [0, 0.05) is 19.3 Å². The highest BCUT2D eigenvalue weighted by molar-refractivity contribution is 5.71. The van der Waals surface area contributed by atoms with Gasteiger partial charge in [-0.3, -0.25) is 14.4 Å². The van der Waals surface area contributed by atoms with Crippen molar-refractivity contribution in [2.75, 3.05) is 13.2 Å². The van der Waals surface area contributed by atoms with Gasteiger partial charge in [-0.2, -0.15) is 0 Å². The van der Waals surface area contributed by atoms with Crippen LogP contribution in [-0.2, 0) is 28.6 Å². The Kier molecular flexibility index (Phi) is 57.7. The maximum absolute atomic E-state index is 12.9. The molecule has 0 saturated heterocycles. The van der Waals surface area contributed by atoms with Gasteiger partial charge in [0.05, 0.1) is 0 Å². The topological polar surface area (TPSA) is 78.9 Å². The molecule has 0 spiro atoms. The molecular weight excluding hydrogens is 877 g/mol. The maximum atomic E-state index is 12.9. The minimum atomic E-state index is -0.778. The molecule has 0 aromatic rings. The molecule has 0 aliphatic rings. The molecule has 6 nitrogen and oxygen atoms in total. The van der Waals surface area contributed by atoms with Crippen molar-refractivity contribution in [3.63, 3.8) is 0 Å². The smallest absolute Gasteiger partial charge is 0.306 e. The summed E-state index contributed by atoms with van der Waals surface area (Å²) in [5.74, 6) is -0.868. The van der Waals surface area contributed by atoms with Crippen LogP contribution in [0.4, 0.5) is 0 Å². The molecular formula is C65H118O6. The lowest BCUT2D eigenvalue weighted by Gasteiger charge is -2.18. The lowest BCUT2D eigenvalue weighted by atomic mass is 10.0. The number of ether oxygens (including phenoxy) is 3. The van der Waals surface area contributed by atoms with E-state index in [4.69, 9.17) is 14.2 Å². The molecule has 1 unspecified atom stereocenters. The molecule has 0 amide bonds. The zero-order valence-electron chi connectivity index (χ0n) is 47.5. The number of hydrogen-bond donors (Lipinski definition) is 0. The van der Waals surface area contributed by atoms with Crippen LogP contribution in [0.5, 0.6) is 0 Å². The van der Waals surface area contributed by atoms with Crippen molar-refractivity contribution in [2.45, 2.75) is 335 Å². The lowest BCUT2D eigenvalue weighted by molar-refractivity contribution is -0.167. The fraction of sp³-hybridized carbons (Fsp3) is 0.831. The molecule has 0 aromatic carbocycles. The third-order valence-corrected chi connectivity index (χ3v) is 13.8. The first kappa shape index (κ1) is 68.4. The van der Waals surface area contributed by atoms with E-state index in [2.05, 4.69) is 69.4 Å². The molecule has 0 saturated carbocycles. The van der Waals surface area contributed by atoms with Crippen molar-refractivity contribution >= 4 is 17.9 Å². The normalized spacial score (nSPS) is 12.3. The van der Waals surface area contributed by atoms with Crippen molar-refractivity contribution in [1.29, 1.82) is 0 Å². The summed E-state index contributed by atoms with van der Waals surface area (Å²) in [5, 5.41) is 0. The summed E-state index contributed by atoms with van der Waals surface area (Å²) in [7, 11) is 0. The molecule has 0 aliphatic heterocycles. The molecule has 1 atom stereocenters. The quantitative estimate of drug-likeness (QED) is 0.0261. The molecule has 0 rings (SSSR count). The van der Waals surface area contributed by atoms with E-state index in [1.54, 1.807) is 0 Å². The van der Waals surface area contributed by atoms with Crippen LogP contribution in [-0.4, -0.2) is 37.2 Å². The number of esters is 3. The van der Waals surface area contributed by atoms with Crippen LogP contribution in [0.1, 0.15) is 329 Å². The van der Waals surface area contributed by atoms with Gasteiger partial charge in [-0.05, 0) is 83.5 Å². The molecule has 414 valence electrons. The van der Waals surface area contributed by atoms with E-state index in [0.717, 1.165) is 77.0 Å². The molecule has 71 heavy (non-hydrogen) atoms. The van der Waals surface area contributed by atoms with Crippen LogP contribution in [0.2, 0.25) is 0 Å².